The van der Waals surface area contributed by atoms with Crippen LogP contribution in [0.5, 0.6) is 0 Å². The number of aromatic nitrogens is 4. The van der Waals surface area contributed by atoms with E-state index in [1.54, 1.807) is 17.1 Å². The van der Waals surface area contributed by atoms with Crippen molar-refractivity contribution in [3.63, 3.8) is 0 Å². The molecule has 0 radical (unpaired) electrons. The highest BCUT2D eigenvalue weighted by Gasteiger charge is 2.12. The lowest BCUT2D eigenvalue weighted by Crippen LogP contribution is -2.31. The maximum absolute atomic E-state index is 10.6. The number of carboxylic acid groups (broad SMARTS) is 1. The van der Waals surface area contributed by atoms with Gasteiger partial charge >= 0.3 is 5.97 Å². The highest BCUT2D eigenvalue weighted by atomic mass is 16.4. The lowest BCUT2D eigenvalue weighted by molar-refractivity contribution is -0.138. The van der Waals surface area contributed by atoms with Crippen molar-refractivity contribution in [2.75, 3.05) is 0 Å². The fourth-order valence-corrected chi connectivity index (χ4v) is 1.43. The number of pyridine rings is 1. The first-order valence-corrected chi connectivity index (χ1v) is 5.47. The number of aryl methyl sites for hydroxylation is 1. The van der Waals surface area contributed by atoms with Crippen molar-refractivity contribution in [3.05, 3.63) is 30.6 Å². The molecule has 0 aliphatic carbocycles. The predicted molar refractivity (Wildman–Crippen MR) is 63.5 cm³/mol. The first-order valence-electron chi connectivity index (χ1n) is 5.47. The molecular formula is C11H13N5O2. The SMILES string of the molecule is N[C@@H](CCn1cc(-c2ccccn2)nn1)C(=O)O. The Labute approximate surface area is 103 Å². The molecule has 0 spiro atoms. The molecule has 0 saturated carbocycles. The smallest absolute Gasteiger partial charge is 0.320 e. The maximum atomic E-state index is 10.6. The summed E-state index contributed by atoms with van der Waals surface area (Å²) in [7, 11) is 0. The average molecular weight is 247 g/mol. The standard InChI is InChI=1S/C11H13N5O2/c12-8(11(17)18)4-6-16-7-10(14-15-16)9-3-1-2-5-13-9/h1-3,5,7-8H,4,6,12H2,(H,17,18)/t8-/m0/s1. The zero-order valence-corrected chi connectivity index (χ0v) is 9.60. The Balaban J connectivity index is 2.01. The van der Waals surface area contributed by atoms with E-state index >= 15 is 0 Å². The van der Waals surface area contributed by atoms with E-state index in [0.717, 1.165) is 5.69 Å². The van der Waals surface area contributed by atoms with Crippen LogP contribution in [-0.4, -0.2) is 37.1 Å². The van der Waals surface area contributed by atoms with Gasteiger partial charge in [0.15, 0.2) is 0 Å². The summed E-state index contributed by atoms with van der Waals surface area (Å²) in [6.45, 7) is 0.410. The van der Waals surface area contributed by atoms with Gasteiger partial charge in [0.05, 0.1) is 11.9 Å². The second-order valence-electron chi connectivity index (χ2n) is 3.82. The molecule has 0 amide bonds. The normalized spacial score (nSPS) is 12.3. The molecule has 0 fully saturated rings. The summed E-state index contributed by atoms with van der Waals surface area (Å²) in [5, 5.41) is 16.5. The van der Waals surface area contributed by atoms with E-state index in [2.05, 4.69) is 15.3 Å². The van der Waals surface area contributed by atoms with Crippen LogP contribution in [0.4, 0.5) is 0 Å². The zero-order valence-electron chi connectivity index (χ0n) is 9.60. The molecule has 0 saturated heterocycles. The molecule has 0 aliphatic heterocycles. The Kier molecular flexibility index (Phi) is 3.63. The van der Waals surface area contributed by atoms with Crippen LogP contribution in [0, 0.1) is 0 Å². The molecule has 0 aliphatic rings. The van der Waals surface area contributed by atoms with Crippen molar-refractivity contribution in [2.24, 2.45) is 5.73 Å². The second-order valence-corrected chi connectivity index (χ2v) is 3.82. The number of nitrogens with two attached hydrogens (primary N) is 1. The zero-order chi connectivity index (χ0) is 13.0. The van der Waals surface area contributed by atoms with Gasteiger partial charge in [-0.15, -0.1) is 5.10 Å². The molecule has 2 aromatic rings. The summed E-state index contributed by atoms with van der Waals surface area (Å²) in [6.07, 6.45) is 3.70. The summed E-state index contributed by atoms with van der Waals surface area (Å²) in [5.74, 6) is -1.01. The Bertz CT molecular complexity index is 525. The van der Waals surface area contributed by atoms with Gasteiger partial charge in [0, 0.05) is 12.7 Å². The van der Waals surface area contributed by atoms with Crippen LogP contribution in [0.3, 0.4) is 0 Å². The highest BCUT2D eigenvalue weighted by molar-refractivity contribution is 5.72. The third-order valence-corrected chi connectivity index (χ3v) is 2.45. The lowest BCUT2D eigenvalue weighted by Gasteiger charge is -2.04. The summed E-state index contributed by atoms with van der Waals surface area (Å²) in [4.78, 5) is 14.7. The van der Waals surface area contributed by atoms with E-state index in [1.807, 2.05) is 18.2 Å². The monoisotopic (exact) mass is 247 g/mol. The Hall–Kier alpha value is -2.28. The van der Waals surface area contributed by atoms with E-state index in [-0.39, 0.29) is 0 Å². The minimum atomic E-state index is -1.01. The number of hydrogen-bond acceptors (Lipinski definition) is 5. The molecule has 1 atom stereocenters. The first kappa shape index (κ1) is 12.2. The number of carboxylic acids is 1. The van der Waals surface area contributed by atoms with Crippen LogP contribution in [0.2, 0.25) is 0 Å². The van der Waals surface area contributed by atoms with Crippen LogP contribution in [0.1, 0.15) is 6.42 Å². The Morgan fingerprint density at radius 3 is 2.94 bits per heavy atom. The fraction of sp³-hybridized carbons (Fsp3) is 0.273. The van der Waals surface area contributed by atoms with Crippen molar-refractivity contribution in [2.45, 2.75) is 19.0 Å². The summed E-state index contributed by atoms with van der Waals surface area (Å²) < 4.78 is 1.56. The van der Waals surface area contributed by atoms with Gasteiger partial charge in [0.25, 0.3) is 0 Å². The third kappa shape index (κ3) is 2.89. The molecular weight excluding hydrogens is 234 g/mol. The largest absolute Gasteiger partial charge is 0.480 e. The van der Waals surface area contributed by atoms with Crippen molar-refractivity contribution in [1.29, 1.82) is 0 Å². The molecule has 7 heteroatoms. The highest BCUT2D eigenvalue weighted by Crippen LogP contribution is 2.11. The average Bonchev–Trinajstić information content (AvgIpc) is 2.85. The van der Waals surface area contributed by atoms with Gasteiger partial charge in [0.2, 0.25) is 0 Å². The maximum Gasteiger partial charge on any atom is 0.320 e. The van der Waals surface area contributed by atoms with E-state index < -0.39 is 12.0 Å². The van der Waals surface area contributed by atoms with E-state index in [0.29, 0.717) is 18.7 Å². The van der Waals surface area contributed by atoms with Crippen molar-refractivity contribution < 1.29 is 9.90 Å². The molecule has 18 heavy (non-hydrogen) atoms. The summed E-state index contributed by atoms with van der Waals surface area (Å²) in [5.41, 5.74) is 6.79. The van der Waals surface area contributed by atoms with Crippen LogP contribution in [-0.2, 0) is 11.3 Å². The second kappa shape index (κ2) is 5.37. The van der Waals surface area contributed by atoms with Gasteiger partial charge in [0.1, 0.15) is 11.7 Å². The first-order chi connectivity index (χ1) is 8.66. The minimum Gasteiger partial charge on any atom is -0.480 e. The van der Waals surface area contributed by atoms with Gasteiger partial charge in [-0.1, -0.05) is 11.3 Å². The van der Waals surface area contributed by atoms with E-state index in [4.69, 9.17) is 10.8 Å². The van der Waals surface area contributed by atoms with Gasteiger partial charge in [-0.05, 0) is 18.6 Å². The topological polar surface area (TPSA) is 107 Å². The van der Waals surface area contributed by atoms with Crippen LogP contribution < -0.4 is 5.73 Å². The summed E-state index contributed by atoms with van der Waals surface area (Å²) in [6, 6.07) is 4.63. The number of rotatable bonds is 5. The Morgan fingerprint density at radius 2 is 2.28 bits per heavy atom. The molecule has 2 rings (SSSR count). The third-order valence-electron chi connectivity index (χ3n) is 2.45. The van der Waals surface area contributed by atoms with Crippen molar-refractivity contribution >= 4 is 5.97 Å². The number of hydrogen-bond donors (Lipinski definition) is 2. The molecule has 2 heterocycles. The fourth-order valence-electron chi connectivity index (χ4n) is 1.43. The molecule has 3 N–H and O–H groups in total. The minimum absolute atomic E-state index is 0.306. The van der Waals surface area contributed by atoms with Gasteiger partial charge in [-0.25, -0.2) is 0 Å². The van der Waals surface area contributed by atoms with E-state index in [9.17, 15) is 4.79 Å². The number of aliphatic carboxylic acids is 1. The van der Waals surface area contributed by atoms with Crippen LogP contribution in [0.25, 0.3) is 11.4 Å². The number of carbonyl (C=O) groups is 1. The predicted octanol–water partition coefficient (Wildman–Crippen LogP) is 0.142. The van der Waals surface area contributed by atoms with Crippen LogP contribution in [0.15, 0.2) is 30.6 Å². The molecule has 0 aromatic carbocycles. The summed E-state index contributed by atoms with van der Waals surface area (Å²) >= 11 is 0. The van der Waals surface area contributed by atoms with Gasteiger partial charge in [-0.3, -0.25) is 14.5 Å². The quantitative estimate of drug-likeness (QED) is 0.778. The molecule has 2 aromatic heterocycles. The lowest BCUT2D eigenvalue weighted by atomic mass is 10.2. The Morgan fingerprint density at radius 1 is 1.44 bits per heavy atom. The molecule has 0 bridgehead atoms. The number of nitrogens with zero attached hydrogens (tertiary/aromatic N) is 4. The molecule has 7 nitrogen and oxygen atoms in total. The van der Waals surface area contributed by atoms with Gasteiger partial charge < -0.3 is 10.8 Å². The van der Waals surface area contributed by atoms with Gasteiger partial charge in [-0.2, -0.15) is 0 Å². The van der Waals surface area contributed by atoms with Crippen LogP contribution >= 0.6 is 0 Å². The molecule has 0 unspecified atom stereocenters. The molecule has 94 valence electrons. The van der Waals surface area contributed by atoms with E-state index in [1.165, 1.54) is 0 Å². The van der Waals surface area contributed by atoms with Crippen molar-refractivity contribution in [3.8, 4) is 11.4 Å². The van der Waals surface area contributed by atoms with Crippen molar-refractivity contribution in [1.82, 2.24) is 20.0 Å².